The van der Waals surface area contributed by atoms with Crippen molar-refractivity contribution in [3.8, 4) is 17.2 Å². The summed E-state index contributed by atoms with van der Waals surface area (Å²) < 4.78 is 0. The normalized spacial score (nSPS) is 19.1. The van der Waals surface area contributed by atoms with Crippen LogP contribution in [-0.4, -0.2) is 28.7 Å². The Morgan fingerprint density at radius 1 is 1.08 bits per heavy atom. The molecule has 6 nitrogen and oxygen atoms in total. The molecule has 2 heterocycles. The third-order valence-corrected chi connectivity index (χ3v) is 4.87. The van der Waals surface area contributed by atoms with Gasteiger partial charge in [0.15, 0.2) is 0 Å². The van der Waals surface area contributed by atoms with E-state index in [2.05, 4.69) is 11.4 Å². The molecular weight excluding hydrogens is 330 g/mol. The Labute approximate surface area is 150 Å². The molecule has 26 heavy (non-hydrogen) atoms. The van der Waals surface area contributed by atoms with Crippen LogP contribution in [0.15, 0.2) is 42.5 Å². The standard InChI is InChI=1S/C20H15N3O3/c21-10-13-8-16-14(9-15(13)12-4-2-1-3-5-12)11-23(20(16)26)17-6-7-18(24)22-19(17)25/h1-5,8-9,17H,6-7,11H2,(H,22,24,25). The zero-order valence-electron chi connectivity index (χ0n) is 13.9. The number of carbonyl (C=O) groups excluding carboxylic acids is 3. The summed E-state index contributed by atoms with van der Waals surface area (Å²) in [7, 11) is 0. The lowest BCUT2D eigenvalue weighted by Crippen LogP contribution is -2.52. The van der Waals surface area contributed by atoms with Crippen molar-refractivity contribution in [2.24, 2.45) is 0 Å². The van der Waals surface area contributed by atoms with Crippen molar-refractivity contribution in [2.45, 2.75) is 25.4 Å². The molecule has 1 saturated heterocycles. The van der Waals surface area contributed by atoms with Crippen LogP contribution in [0.3, 0.4) is 0 Å². The second kappa shape index (κ2) is 6.12. The molecule has 1 N–H and O–H groups in total. The van der Waals surface area contributed by atoms with Gasteiger partial charge in [-0.1, -0.05) is 30.3 Å². The first-order chi connectivity index (χ1) is 12.6. The van der Waals surface area contributed by atoms with Crippen molar-refractivity contribution >= 4 is 17.7 Å². The molecule has 0 radical (unpaired) electrons. The lowest BCUT2D eigenvalue weighted by atomic mass is 9.95. The fourth-order valence-electron chi connectivity index (χ4n) is 3.56. The number of benzene rings is 2. The van der Waals surface area contributed by atoms with Crippen LogP contribution < -0.4 is 5.32 Å². The van der Waals surface area contributed by atoms with E-state index in [0.29, 0.717) is 24.1 Å². The number of hydrogen-bond donors (Lipinski definition) is 1. The van der Waals surface area contributed by atoms with Crippen molar-refractivity contribution < 1.29 is 14.4 Å². The second-order valence-electron chi connectivity index (χ2n) is 6.43. The molecule has 1 atom stereocenters. The summed E-state index contributed by atoms with van der Waals surface area (Å²) in [5, 5.41) is 11.8. The van der Waals surface area contributed by atoms with Crippen molar-refractivity contribution in [3.63, 3.8) is 0 Å². The molecular formula is C20H15N3O3. The molecule has 0 bridgehead atoms. The molecule has 2 aliphatic heterocycles. The molecule has 0 spiro atoms. The third-order valence-electron chi connectivity index (χ3n) is 4.87. The number of amides is 3. The van der Waals surface area contributed by atoms with Gasteiger partial charge in [0, 0.05) is 18.5 Å². The van der Waals surface area contributed by atoms with Crippen molar-refractivity contribution in [1.82, 2.24) is 10.2 Å². The first-order valence-corrected chi connectivity index (χ1v) is 8.35. The predicted octanol–water partition coefficient (Wildman–Crippen LogP) is 1.99. The number of hydrogen-bond acceptors (Lipinski definition) is 4. The fraction of sp³-hybridized carbons (Fsp3) is 0.200. The number of fused-ring (bicyclic) bond motifs is 1. The van der Waals surface area contributed by atoms with E-state index in [1.165, 1.54) is 4.90 Å². The maximum absolute atomic E-state index is 12.8. The van der Waals surface area contributed by atoms with Crippen LogP contribution in [0.2, 0.25) is 0 Å². The summed E-state index contributed by atoms with van der Waals surface area (Å²) in [4.78, 5) is 37.7. The molecule has 2 aromatic carbocycles. The Morgan fingerprint density at radius 3 is 2.54 bits per heavy atom. The second-order valence-corrected chi connectivity index (χ2v) is 6.43. The van der Waals surface area contributed by atoms with Gasteiger partial charge in [0.2, 0.25) is 11.8 Å². The molecule has 4 rings (SSSR count). The topological polar surface area (TPSA) is 90.3 Å². The number of rotatable bonds is 2. The highest BCUT2D eigenvalue weighted by molar-refractivity contribution is 6.05. The first-order valence-electron chi connectivity index (χ1n) is 8.35. The Bertz CT molecular complexity index is 976. The van der Waals surface area contributed by atoms with Crippen molar-refractivity contribution in [2.75, 3.05) is 0 Å². The van der Waals surface area contributed by atoms with Gasteiger partial charge in [-0.3, -0.25) is 19.7 Å². The highest BCUT2D eigenvalue weighted by Gasteiger charge is 2.39. The van der Waals surface area contributed by atoms with Gasteiger partial charge in [0.1, 0.15) is 6.04 Å². The number of nitrogens with one attached hydrogen (secondary N) is 1. The fourth-order valence-corrected chi connectivity index (χ4v) is 3.56. The van der Waals surface area contributed by atoms with Crippen molar-refractivity contribution in [3.05, 3.63) is 59.2 Å². The summed E-state index contributed by atoms with van der Waals surface area (Å²) >= 11 is 0. The summed E-state index contributed by atoms with van der Waals surface area (Å²) in [6.07, 6.45) is 0.538. The summed E-state index contributed by atoms with van der Waals surface area (Å²) in [6.45, 7) is 0.298. The minimum absolute atomic E-state index is 0.218. The molecule has 0 aromatic heterocycles. The number of piperidine rings is 1. The zero-order chi connectivity index (χ0) is 18.3. The van der Waals surface area contributed by atoms with Crippen LogP contribution >= 0.6 is 0 Å². The summed E-state index contributed by atoms with van der Waals surface area (Å²) in [5.41, 5.74) is 3.33. The van der Waals surface area contributed by atoms with E-state index in [0.717, 1.165) is 16.7 Å². The van der Waals surface area contributed by atoms with Crippen LogP contribution in [0.4, 0.5) is 0 Å². The Balaban J connectivity index is 1.72. The average molecular weight is 345 g/mol. The largest absolute Gasteiger partial charge is 0.322 e. The van der Waals surface area contributed by atoms with E-state index >= 15 is 0 Å². The maximum atomic E-state index is 12.8. The molecule has 2 aromatic rings. The van der Waals surface area contributed by atoms with Crippen LogP contribution in [0.25, 0.3) is 11.1 Å². The van der Waals surface area contributed by atoms with Gasteiger partial charge in [-0.2, -0.15) is 5.26 Å². The Kier molecular flexibility index (Phi) is 3.77. The minimum atomic E-state index is -0.654. The van der Waals surface area contributed by atoms with Gasteiger partial charge in [-0.15, -0.1) is 0 Å². The average Bonchev–Trinajstić information content (AvgIpc) is 2.97. The molecule has 6 heteroatoms. The van der Waals surface area contributed by atoms with Crippen LogP contribution in [0.1, 0.15) is 34.3 Å². The molecule has 128 valence electrons. The van der Waals surface area contributed by atoms with Crippen molar-refractivity contribution in [1.29, 1.82) is 5.26 Å². The smallest absolute Gasteiger partial charge is 0.255 e. The maximum Gasteiger partial charge on any atom is 0.255 e. The minimum Gasteiger partial charge on any atom is -0.322 e. The SMILES string of the molecule is N#Cc1cc2c(cc1-c1ccccc1)CN(C1CCC(=O)NC1=O)C2=O. The molecule has 0 saturated carbocycles. The van der Waals surface area contributed by atoms with E-state index in [-0.39, 0.29) is 18.2 Å². The quantitative estimate of drug-likeness (QED) is 0.843. The van der Waals surface area contributed by atoms with Gasteiger partial charge < -0.3 is 4.90 Å². The van der Waals surface area contributed by atoms with Crippen LogP contribution in [-0.2, 0) is 16.1 Å². The summed E-state index contributed by atoms with van der Waals surface area (Å²) in [6, 6.07) is 14.5. The number of nitrogens with zero attached hydrogens (tertiary/aromatic N) is 2. The van der Waals surface area contributed by atoms with E-state index in [4.69, 9.17) is 0 Å². The van der Waals surface area contributed by atoms with Gasteiger partial charge in [-0.05, 0) is 35.2 Å². The summed E-state index contributed by atoms with van der Waals surface area (Å²) in [5.74, 6) is -1.02. The Morgan fingerprint density at radius 2 is 1.85 bits per heavy atom. The van der Waals surface area contributed by atoms with Gasteiger partial charge >= 0.3 is 0 Å². The van der Waals surface area contributed by atoms with E-state index in [9.17, 15) is 19.6 Å². The highest BCUT2D eigenvalue weighted by atomic mass is 16.2. The van der Waals surface area contributed by atoms with E-state index < -0.39 is 11.9 Å². The predicted molar refractivity (Wildman–Crippen MR) is 92.6 cm³/mol. The molecule has 0 aliphatic carbocycles. The van der Waals surface area contributed by atoms with E-state index in [1.807, 2.05) is 36.4 Å². The first kappa shape index (κ1) is 16.0. The van der Waals surface area contributed by atoms with E-state index in [1.54, 1.807) is 6.07 Å². The molecule has 1 unspecified atom stereocenters. The molecule has 2 aliphatic rings. The third kappa shape index (κ3) is 2.54. The number of imide groups is 1. The number of nitriles is 1. The van der Waals surface area contributed by atoms with Gasteiger partial charge in [0.05, 0.1) is 11.6 Å². The van der Waals surface area contributed by atoms with Gasteiger partial charge in [-0.25, -0.2) is 0 Å². The Hall–Kier alpha value is -3.46. The lowest BCUT2D eigenvalue weighted by Gasteiger charge is -2.29. The monoisotopic (exact) mass is 345 g/mol. The zero-order valence-corrected chi connectivity index (χ0v) is 13.9. The van der Waals surface area contributed by atoms with Crippen LogP contribution in [0.5, 0.6) is 0 Å². The van der Waals surface area contributed by atoms with Gasteiger partial charge in [0.25, 0.3) is 5.91 Å². The highest BCUT2D eigenvalue weighted by Crippen LogP contribution is 2.33. The molecule has 3 amide bonds. The molecule has 1 fully saturated rings. The number of carbonyl (C=O) groups is 3. The van der Waals surface area contributed by atoms with Crippen LogP contribution in [0, 0.1) is 11.3 Å². The lowest BCUT2D eigenvalue weighted by molar-refractivity contribution is -0.136.